The Bertz CT molecular complexity index is 1200. The highest BCUT2D eigenvalue weighted by atomic mass is 32.1. The summed E-state index contributed by atoms with van der Waals surface area (Å²) < 4.78 is 40.0. The molecule has 4 aromatic rings. The summed E-state index contributed by atoms with van der Waals surface area (Å²) in [5.41, 5.74) is 2.60. The molecule has 4 rings (SSSR count). The summed E-state index contributed by atoms with van der Waals surface area (Å²) in [6, 6.07) is 3.11. The van der Waals surface area contributed by atoms with Gasteiger partial charge in [0.1, 0.15) is 11.5 Å². The lowest BCUT2D eigenvalue weighted by Gasteiger charge is -2.10. The Labute approximate surface area is 171 Å². The quantitative estimate of drug-likeness (QED) is 0.528. The molecular weight excluding hydrogens is 419 g/mol. The second-order valence-corrected chi connectivity index (χ2v) is 7.01. The molecule has 0 spiro atoms. The van der Waals surface area contributed by atoms with Crippen LogP contribution in [0.25, 0.3) is 16.3 Å². The van der Waals surface area contributed by atoms with Crippen LogP contribution < -0.4 is 5.32 Å². The van der Waals surface area contributed by atoms with Crippen molar-refractivity contribution >= 4 is 23.1 Å². The largest absolute Gasteiger partial charge is 0.416 e. The molecule has 0 radical (unpaired) electrons. The zero-order valence-corrected chi connectivity index (χ0v) is 16.1. The lowest BCUT2D eigenvalue weighted by Crippen LogP contribution is -2.15. The highest BCUT2D eigenvalue weighted by Crippen LogP contribution is 2.30. The van der Waals surface area contributed by atoms with Gasteiger partial charge >= 0.3 is 6.18 Å². The van der Waals surface area contributed by atoms with Crippen molar-refractivity contribution in [2.24, 2.45) is 0 Å². The number of halogens is 3. The average Bonchev–Trinajstić information content (AvgIpc) is 3.40. The molecule has 0 saturated heterocycles. The molecule has 12 heteroatoms. The number of pyridine rings is 2. The Morgan fingerprint density at radius 3 is 2.77 bits per heavy atom. The minimum absolute atomic E-state index is 0.129. The summed E-state index contributed by atoms with van der Waals surface area (Å²) in [4.78, 5) is 25.3. The van der Waals surface area contributed by atoms with E-state index < -0.39 is 17.6 Å². The van der Waals surface area contributed by atoms with Crippen LogP contribution >= 0.6 is 11.3 Å². The molecule has 1 N–H and O–H groups in total. The second kappa shape index (κ2) is 7.63. The van der Waals surface area contributed by atoms with E-state index >= 15 is 0 Å². The average molecular weight is 431 g/mol. The van der Waals surface area contributed by atoms with Crippen LogP contribution in [0.2, 0.25) is 0 Å². The van der Waals surface area contributed by atoms with Crippen LogP contribution in [0.3, 0.4) is 0 Å². The molecule has 1 amide bonds. The van der Waals surface area contributed by atoms with Gasteiger partial charge < -0.3 is 5.32 Å². The maximum atomic E-state index is 12.8. The number of aryl methyl sites for hydroxylation is 1. The van der Waals surface area contributed by atoms with Gasteiger partial charge in [-0.1, -0.05) is 5.21 Å². The van der Waals surface area contributed by atoms with Gasteiger partial charge in [-0.3, -0.25) is 14.8 Å². The Balaban J connectivity index is 1.60. The smallest absolute Gasteiger partial charge is 0.307 e. The fraction of sp³-hybridized carbons (Fsp3) is 0.111. The van der Waals surface area contributed by atoms with Crippen molar-refractivity contribution in [1.82, 2.24) is 29.9 Å². The SMILES string of the molecule is Cc1ncc(C(=O)Nc2cc(C(F)(F)F)ccn2)cc1-n1cc(-c2cncs2)nn1. The molecule has 152 valence electrons. The number of aromatic nitrogens is 6. The van der Waals surface area contributed by atoms with Gasteiger partial charge in [0.15, 0.2) is 0 Å². The Morgan fingerprint density at radius 2 is 2.03 bits per heavy atom. The number of hydrogen-bond acceptors (Lipinski definition) is 7. The minimum atomic E-state index is -4.54. The van der Waals surface area contributed by atoms with E-state index in [2.05, 4.69) is 30.6 Å². The highest BCUT2D eigenvalue weighted by molar-refractivity contribution is 7.13. The molecule has 0 bridgehead atoms. The topological polar surface area (TPSA) is 98.5 Å². The first-order chi connectivity index (χ1) is 14.3. The zero-order valence-electron chi connectivity index (χ0n) is 15.3. The van der Waals surface area contributed by atoms with E-state index in [0.29, 0.717) is 17.1 Å². The predicted molar refractivity (Wildman–Crippen MR) is 102 cm³/mol. The fourth-order valence-corrected chi connectivity index (χ4v) is 3.15. The first-order valence-electron chi connectivity index (χ1n) is 8.44. The first kappa shape index (κ1) is 19.6. The number of rotatable bonds is 4. The van der Waals surface area contributed by atoms with Crippen molar-refractivity contribution in [2.75, 3.05) is 5.32 Å². The summed E-state index contributed by atoms with van der Waals surface area (Å²) in [5, 5.41) is 10.5. The third-order valence-corrected chi connectivity index (χ3v) is 4.87. The molecule has 0 unspecified atom stereocenters. The number of anilines is 1. The monoisotopic (exact) mass is 431 g/mol. The van der Waals surface area contributed by atoms with Gasteiger partial charge in [0.2, 0.25) is 0 Å². The molecule has 4 heterocycles. The lowest BCUT2D eigenvalue weighted by atomic mass is 10.2. The van der Waals surface area contributed by atoms with Gasteiger partial charge in [-0.25, -0.2) is 9.67 Å². The molecular formula is C18H12F3N7OS. The van der Waals surface area contributed by atoms with Gasteiger partial charge in [0.05, 0.1) is 39.1 Å². The van der Waals surface area contributed by atoms with Gasteiger partial charge in [-0.15, -0.1) is 16.4 Å². The maximum absolute atomic E-state index is 12.8. The zero-order chi connectivity index (χ0) is 21.3. The molecule has 0 aromatic carbocycles. The lowest BCUT2D eigenvalue weighted by molar-refractivity contribution is -0.137. The third kappa shape index (κ3) is 4.03. The predicted octanol–water partition coefficient (Wildman–Crippen LogP) is 3.76. The fourth-order valence-electron chi connectivity index (χ4n) is 2.58. The molecule has 8 nitrogen and oxygen atoms in total. The van der Waals surface area contributed by atoms with Gasteiger partial charge in [0, 0.05) is 18.6 Å². The van der Waals surface area contributed by atoms with E-state index in [9.17, 15) is 18.0 Å². The highest BCUT2D eigenvalue weighted by Gasteiger charge is 2.30. The number of hydrogen-bond donors (Lipinski definition) is 1. The summed E-state index contributed by atoms with van der Waals surface area (Å²) in [5.74, 6) is -0.872. The van der Waals surface area contributed by atoms with E-state index in [1.165, 1.54) is 28.3 Å². The summed E-state index contributed by atoms with van der Waals surface area (Å²) in [6.07, 6.45) is 1.10. The number of amides is 1. The standard InChI is InChI=1S/C18H12F3N7OS/c1-10-14(28-8-13(26-27-28)15-7-22-9-30-15)4-11(6-24-10)17(29)25-16-5-12(2-3-23-16)18(19,20)21/h2-9H,1H3,(H,23,25,29). The van der Waals surface area contributed by atoms with Crippen LogP contribution in [0.15, 0.2) is 48.5 Å². The molecule has 0 atom stereocenters. The molecule has 0 fully saturated rings. The molecule has 30 heavy (non-hydrogen) atoms. The number of carbonyl (C=O) groups is 1. The molecule has 0 aliphatic carbocycles. The Morgan fingerprint density at radius 1 is 1.20 bits per heavy atom. The van der Waals surface area contributed by atoms with Crippen LogP contribution in [-0.2, 0) is 6.18 Å². The van der Waals surface area contributed by atoms with Gasteiger partial charge in [-0.05, 0) is 25.1 Å². The van der Waals surface area contributed by atoms with Crippen molar-refractivity contribution in [2.45, 2.75) is 13.1 Å². The van der Waals surface area contributed by atoms with Crippen LogP contribution in [0.1, 0.15) is 21.6 Å². The number of thiazole rings is 1. The van der Waals surface area contributed by atoms with Gasteiger partial charge in [-0.2, -0.15) is 13.2 Å². The van der Waals surface area contributed by atoms with Crippen molar-refractivity contribution in [3.8, 4) is 16.3 Å². The van der Waals surface area contributed by atoms with Crippen LogP contribution in [0.4, 0.5) is 19.0 Å². The number of carbonyl (C=O) groups excluding carboxylic acids is 1. The van der Waals surface area contributed by atoms with Crippen molar-refractivity contribution < 1.29 is 18.0 Å². The van der Waals surface area contributed by atoms with Crippen molar-refractivity contribution in [3.05, 3.63) is 65.3 Å². The maximum Gasteiger partial charge on any atom is 0.416 e. The van der Waals surface area contributed by atoms with Crippen LogP contribution in [0, 0.1) is 6.92 Å². The minimum Gasteiger partial charge on any atom is -0.307 e. The molecule has 0 aliphatic heterocycles. The number of nitrogens with one attached hydrogen (secondary N) is 1. The van der Waals surface area contributed by atoms with Crippen LogP contribution in [0.5, 0.6) is 0 Å². The molecule has 0 aliphatic rings. The van der Waals surface area contributed by atoms with E-state index in [0.717, 1.165) is 23.2 Å². The van der Waals surface area contributed by atoms with E-state index in [4.69, 9.17) is 0 Å². The van der Waals surface area contributed by atoms with E-state index in [1.807, 2.05) is 0 Å². The Kier molecular flexibility index (Phi) is 4.99. The van der Waals surface area contributed by atoms with Gasteiger partial charge in [0.25, 0.3) is 5.91 Å². The van der Waals surface area contributed by atoms with E-state index in [-0.39, 0.29) is 11.4 Å². The third-order valence-electron chi connectivity index (χ3n) is 4.08. The van der Waals surface area contributed by atoms with Crippen molar-refractivity contribution in [1.29, 1.82) is 0 Å². The van der Waals surface area contributed by atoms with E-state index in [1.54, 1.807) is 24.8 Å². The van der Waals surface area contributed by atoms with Crippen LogP contribution in [-0.4, -0.2) is 35.9 Å². The summed E-state index contributed by atoms with van der Waals surface area (Å²) in [6.45, 7) is 1.74. The summed E-state index contributed by atoms with van der Waals surface area (Å²) in [7, 11) is 0. The van der Waals surface area contributed by atoms with Crippen molar-refractivity contribution in [3.63, 3.8) is 0 Å². The number of nitrogens with zero attached hydrogens (tertiary/aromatic N) is 6. The molecule has 0 saturated carbocycles. The Hall–Kier alpha value is -3.67. The molecule has 4 aromatic heterocycles. The normalized spacial score (nSPS) is 11.5. The second-order valence-electron chi connectivity index (χ2n) is 6.12. The first-order valence-corrected chi connectivity index (χ1v) is 9.32. The summed E-state index contributed by atoms with van der Waals surface area (Å²) >= 11 is 1.41. The number of alkyl halides is 3.